The maximum atomic E-state index is 10.7. The maximum absolute atomic E-state index is 10.7. The number of rotatable bonds is 6. The zero-order valence-electron chi connectivity index (χ0n) is 69.9. The Morgan fingerprint density at radius 3 is 1.41 bits per heavy atom. The summed E-state index contributed by atoms with van der Waals surface area (Å²) in [6.45, 7) is -10.8. The van der Waals surface area contributed by atoms with Crippen LogP contribution in [-0.4, -0.2) is 72.8 Å². The number of aliphatic hydroxyl groups is 2. The van der Waals surface area contributed by atoms with Crippen molar-refractivity contribution in [1.82, 2.24) is 29.9 Å². The Kier molecular flexibility index (Phi) is 19.1. The van der Waals surface area contributed by atoms with Gasteiger partial charge in [0.15, 0.2) is 0 Å². The number of fused-ring (bicyclic) bond motifs is 8. The Labute approximate surface area is 607 Å². The first-order chi connectivity index (χ1) is 52.1. The molecule has 496 valence electrons. The molecular weight excluding hydrogens is 1580 g/mol. The molecular formula is C76H72F3Ir2N6O7S-3. The van der Waals surface area contributed by atoms with Crippen LogP contribution in [0.5, 0.6) is 0 Å². The minimum atomic E-state index is -5.84. The van der Waals surface area contributed by atoms with Crippen LogP contribution in [0.15, 0.2) is 210 Å². The fourth-order valence-corrected chi connectivity index (χ4v) is 8.87. The van der Waals surface area contributed by atoms with Crippen LogP contribution >= 0.6 is 0 Å². The molecule has 0 bridgehead atoms. The molecule has 0 aliphatic heterocycles. The number of aryl methyl sites for hydroxylation is 4. The third kappa shape index (κ3) is 19.5. The average molecular weight is 1680 g/mol. The number of benzene rings is 6. The number of aliphatic hydroxyl groups excluding tert-OH is 2. The van der Waals surface area contributed by atoms with Gasteiger partial charge in [-0.15, -0.1) is 89.0 Å². The molecule has 0 fully saturated rings. The van der Waals surface area contributed by atoms with E-state index in [-0.39, 0.29) is 69.9 Å². The Balaban J connectivity index is 0.000000263. The molecule has 8 heterocycles. The van der Waals surface area contributed by atoms with E-state index in [0.717, 1.165) is 63.1 Å². The summed E-state index contributed by atoms with van der Waals surface area (Å²) in [5.74, 6) is -3.50. The number of halogens is 3. The van der Waals surface area contributed by atoms with Crippen LogP contribution in [0.2, 0.25) is 0 Å². The molecule has 2 unspecified atom stereocenters. The molecule has 3 N–H and O–H groups in total. The third-order valence-electron chi connectivity index (χ3n) is 13.2. The smallest absolute Gasteiger partial charge is 0.486 e. The van der Waals surface area contributed by atoms with E-state index in [4.69, 9.17) is 59.4 Å². The second kappa shape index (κ2) is 35.1. The van der Waals surface area contributed by atoms with Gasteiger partial charge in [-0.05, 0) is 108 Å². The van der Waals surface area contributed by atoms with Crippen molar-refractivity contribution in [2.45, 2.75) is 79.7 Å². The van der Waals surface area contributed by atoms with Crippen LogP contribution < -0.4 is 0 Å². The number of pyridine rings is 6. The SMILES string of the molecule is C.CO.CO.O=S(=O)(O)C(F)(F)F.[2H]C([2H])([2H])C([2H])(C)c1ccnc(-c2[c-]ccc3c2oc2nc4ccccc4cc23)c1.[2H]C([2H])([2H])C([2H])(C)c1ccnc(-c2cccc3c2oc2nc4ccccc4cc23)c1.[2H]C([2H])([2H])c1c[c-]c(-c2ccc(C([2H])([2H])[2H])cn2)cc1.[2H]C([2H])([2H])c1c[c-]c(-c2ccc(C([2H])([2H])[2H])cn2)cc1.[Ir].[Ir]. The molecule has 0 saturated carbocycles. The van der Waals surface area contributed by atoms with Crippen LogP contribution in [0, 0.1) is 45.6 Å². The summed E-state index contributed by atoms with van der Waals surface area (Å²) in [6, 6.07) is 59.8. The van der Waals surface area contributed by atoms with Crippen LogP contribution in [0.3, 0.4) is 0 Å². The molecule has 95 heavy (non-hydrogen) atoms. The van der Waals surface area contributed by atoms with Gasteiger partial charge in [0, 0.05) is 139 Å². The largest absolute Gasteiger partial charge is 0.522 e. The number of aromatic nitrogens is 6. The predicted molar refractivity (Wildman–Crippen MR) is 368 cm³/mol. The molecule has 8 aromatic heterocycles. The summed E-state index contributed by atoms with van der Waals surface area (Å²) in [5, 5.41) is 19.6. The molecule has 14 rings (SSSR count). The quantitative estimate of drug-likeness (QED) is 0.0808. The Hall–Kier alpha value is -8.74. The standard InChI is InChI=1S/C23H18N2O.C23H17N2O.2C13H12N.CHF3O3S.2CH4O.CH4.2Ir/c2*1-14(2)15-10-11-24-21(13-15)18-8-5-7-17-19-12-16-6-3-4-9-20(16)25-23(19)26-22(17)18;2*1-10-3-6-12(7-4-10)13-8-5-11(2)9-14-13;2-1(3,4)8(5,6)7;2*1-2;;;/h3-14H,1-2H3;3-7,9-14H,1-2H3;2*3-6,8-9H,1-2H3;(H,5,6,7);2*2H,1H3;1H4;;/q;3*-1;;;;;;/i2*1D3,14D;2*1D3,2D3;;;;;;. The van der Waals surface area contributed by atoms with E-state index in [1.807, 2.05) is 78.9 Å². The van der Waals surface area contributed by atoms with Gasteiger partial charge in [-0.1, -0.05) is 144 Å². The summed E-state index contributed by atoms with van der Waals surface area (Å²) < 4.78 is 220. The molecule has 2 atom stereocenters. The zero-order valence-corrected chi connectivity index (χ0v) is 55.5. The van der Waals surface area contributed by atoms with E-state index in [9.17, 15) is 13.2 Å². The van der Waals surface area contributed by atoms with Crippen molar-refractivity contribution in [2.75, 3.05) is 14.2 Å². The second-order valence-electron chi connectivity index (χ2n) is 19.4. The van der Waals surface area contributed by atoms with Crippen LogP contribution in [0.1, 0.15) is 108 Å². The number of hydrogen-bond acceptors (Lipinski definition) is 12. The van der Waals surface area contributed by atoms with Gasteiger partial charge in [-0.2, -0.15) is 21.6 Å². The number of furan rings is 2. The molecule has 13 nitrogen and oxygen atoms in total. The fourth-order valence-electron chi connectivity index (χ4n) is 8.87. The van der Waals surface area contributed by atoms with Gasteiger partial charge >= 0.3 is 15.6 Å². The van der Waals surface area contributed by atoms with Crippen molar-refractivity contribution in [2.24, 2.45) is 0 Å². The molecule has 0 amide bonds. The summed E-state index contributed by atoms with van der Waals surface area (Å²) in [7, 11) is -3.84. The van der Waals surface area contributed by atoms with Gasteiger partial charge in [0.05, 0.1) is 22.3 Å². The molecule has 6 aromatic carbocycles. The van der Waals surface area contributed by atoms with Gasteiger partial charge in [0.2, 0.25) is 11.4 Å². The Morgan fingerprint density at radius 1 is 0.516 bits per heavy atom. The number of alkyl halides is 3. The molecule has 2 radical (unpaired) electrons. The second-order valence-corrected chi connectivity index (χ2v) is 20.8. The minimum Gasteiger partial charge on any atom is -0.486 e. The Bertz CT molecular complexity index is 5280. The summed E-state index contributed by atoms with van der Waals surface area (Å²) in [5.41, 5.74) is 4.69. The van der Waals surface area contributed by atoms with Gasteiger partial charge in [0.1, 0.15) is 5.58 Å². The van der Waals surface area contributed by atoms with Crippen molar-refractivity contribution in [3.05, 3.63) is 252 Å². The average Bonchev–Trinajstić information content (AvgIpc) is 1.61. The van der Waals surface area contributed by atoms with Crippen LogP contribution in [0.4, 0.5) is 13.2 Å². The fraction of sp³-hybridized carbons (Fsp3) is 0.184. The molecule has 0 aliphatic carbocycles. The van der Waals surface area contributed by atoms with E-state index in [2.05, 4.69) is 54.2 Å². The number of para-hydroxylation sites is 3. The van der Waals surface area contributed by atoms with Crippen LogP contribution in [-0.2, 0) is 50.3 Å². The molecule has 0 aliphatic rings. The monoisotopic (exact) mass is 1680 g/mol. The predicted octanol–water partition coefficient (Wildman–Crippen LogP) is 19.0. The molecule has 0 spiro atoms. The topological polar surface area (TPSA) is 198 Å². The van der Waals surface area contributed by atoms with Crippen molar-refractivity contribution in [3.63, 3.8) is 0 Å². The van der Waals surface area contributed by atoms with Crippen molar-refractivity contribution in [3.8, 4) is 45.0 Å². The van der Waals surface area contributed by atoms with E-state index >= 15 is 0 Å². The van der Waals surface area contributed by atoms with E-state index < -0.39 is 68.5 Å². The molecule has 0 saturated heterocycles. The first-order valence-corrected chi connectivity index (χ1v) is 28.7. The first-order valence-electron chi connectivity index (χ1n) is 37.3. The zero-order chi connectivity index (χ0) is 83.1. The first kappa shape index (κ1) is 51.6. The Morgan fingerprint density at radius 2 is 0.968 bits per heavy atom. The van der Waals surface area contributed by atoms with E-state index in [1.165, 1.54) is 75.0 Å². The summed E-state index contributed by atoms with van der Waals surface area (Å²) in [4.78, 5) is 26.3. The van der Waals surface area contributed by atoms with Crippen molar-refractivity contribution >= 4 is 76.1 Å². The number of hydrogen-bond donors (Lipinski definition) is 3. The van der Waals surface area contributed by atoms with Gasteiger partial charge < -0.3 is 34.0 Å². The molecule has 14 aromatic rings. The number of nitrogens with zero attached hydrogens (tertiary/aromatic N) is 6. The van der Waals surface area contributed by atoms with E-state index in [1.54, 1.807) is 54.6 Å². The van der Waals surface area contributed by atoms with Crippen LogP contribution in [0.25, 0.3) is 111 Å². The third-order valence-corrected chi connectivity index (χ3v) is 13.8. The minimum absolute atomic E-state index is 0. The summed E-state index contributed by atoms with van der Waals surface area (Å²) in [6.07, 6.45) is 5.66. The van der Waals surface area contributed by atoms with Gasteiger partial charge in [-0.3, -0.25) is 9.54 Å². The van der Waals surface area contributed by atoms with Crippen molar-refractivity contribution < 1.29 is 113 Å². The van der Waals surface area contributed by atoms with Gasteiger partial charge in [-0.25, -0.2) is 9.97 Å². The molecule has 19 heteroatoms. The normalized spacial score (nSPS) is 15.9. The van der Waals surface area contributed by atoms with E-state index in [0.29, 0.717) is 73.2 Å². The summed E-state index contributed by atoms with van der Waals surface area (Å²) >= 11 is 0. The van der Waals surface area contributed by atoms with Crippen molar-refractivity contribution in [1.29, 1.82) is 0 Å². The van der Waals surface area contributed by atoms with Gasteiger partial charge in [0.25, 0.3) is 0 Å². The maximum Gasteiger partial charge on any atom is 0.522 e.